The Bertz CT molecular complexity index is 1480. The molecule has 0 amide bonds. The minimum atomic E-state index is -5.02. The predicted molar refractivity (Wildman–Crippen MR) is 128 cm³/mol. The van der Waals surface area contributed by atoms with Crippen LogP contribution in [0.1, 0.15) is 39.0 Å². The first-order valence-electron chi connectivity index (χ1n) is 11.2. The molecule has 1 unspecified atom stereocenters. The standard InChI is InChI=1S/C26H22F3NO6S/c27-26(28,29)22-14-17(20-3-1-2-4-21(20)25(33)34)8-9-23(22)37(35,36)30-19-12-16-7-5-15(6-10-24(31)32)11-18(16)13-19/h1-5,7-9,11,14,19,30H,6,10,12-13H2,(H,31,32)(H,33,34). The molecule has 0 heterocycles. The van der Waals surface area contributed by atoms with Gasteiger partial charge >= 0.3 is 18.1 Å². The SMILES string of the molecule is O=C(O)CCc1ccc2c(c1)CC(NS(=O)(=O)c1ccc(-c3ccccc3C(=O)O)cc1C(F)(F)F)C2. The fourth-order valence-electron chi connectivity index (χ4n) is 4.52. The van der Waals surface area contributed by atoms with Crippen LogP contribution in [0, 0.1) is 0 Å². The minimum Gasteiger partial charge on any atom is -0.481 e. The lowest BCUT2D eigenvalue weighted by Crippen LogP contribution is -2.36. The lowest BCUT2D eigenvalue weighted by Gasteiger charge is -2.18. The van der Waals surface area contributed by atoms with Gasteiger partial charge < -0.3 is 10.2 Å². The molecule has 0 bridgehead atoms. The summed E-state index contributed by atoms with van der Waals surface area (Å²) >= 11 is 0. The summed E-state index contributed by atoms with van der Waals surface area (Å²) in [6, 6.07) is 12.8. The van der Waals surface area contributed by atoms with E-state index < -0.39 is 44.6 Å². The van der Waals surface area contributed by atoms with Crippen LogP contribution in [0.2, 0.25) is 0 Å². The Balaban J connectivity index is 1.62. The molecule has 3 N–H and O–H groups in total. The first-order valence-corrected chi connectivity index (χ1v) is 12.7. The number of aryl methyl sites for hydroxylation is 1. The second kappa shape index (κ2) is 9.98. The van der Waals surface area contributed by atoms with E-state index in [1.165, 1.54) is 24.3 Å². The van der Waals surface area contributed by atoms with Crippen molar-refractivity contribution in [2.24, 2.45) is 0 Å². The van der Waals surface area contributed by atoms with E-state index in [-0.39, 0.29) is 36.0 Å². The summed E-state index contributed by atoms with van der Waals surface area (Å²) in [5.74, 6) is -2.27. The van der Waals surface area contributed by atoms with Crippen LogP contribution >= 0.6 is 0 Å². The van der Waals surface area contributed by atoms with Gasteiger partial charge in [0.1, 0.15) is 0 Å². The lowest BCUT2D eigenvalue weighted by atomic mass is 9.98. The van der Waals surface area contributed by atoms with Crippen LogP contribution in [0.3, 0.4) is 0 Å². The minimum absolute atomic E-state index is 0.0300. The third-order valence-electron chi connectivity index (χ3n) is 6.20. The van der Waals surface area contributed by atoms with Crippen LogP contribution in [0.5, 0.6) is 0 Å². The smallest absolute Gasteiger partial charge is 0.417 e. The molecule has 0 spiro atoms. The van der Waals surface area contributed by atoms with Crippen molar-refractivity contribution in [3.05, 3.63) is 88.5 Å². The Hall–Kier alpha value is -3.70. The maximum Gasteiger partial charge on any atom is 0.417 e. The third-order valence-corrected chi connectivity index (χ3v) is 7.77. The fraction of sp³-hybridized carbons (Fsp3) is 0.231. The molecular weight excluding hydrogens is 511 g/mol. The molecule has 0 aromatic heterocycles. The van der Waals surface area contributed by atoms with Gasteiger partial charge in [-0.2, -0.15) is 13.2 Å². The zero-order valence-corrected chi connectivity index (χ0v) is 20.1. The normalized spacial score (nSPS) is 15.4. The molecule has 194 valence electrons. The molecule has 1 aliphatic carbocycles. The first kappa shape index (κ1) is 26.4. The van der Waals surface area contributed by atoms with Gasteiger partial charge in [-0.3, -0.25) is 4.79 Å². The largest absolute Gasteiger partial charge is 0.481 e. The number of aromatic carboxylic acids is 1. The molecule has 3 aromatic carbocycles. The second-order valence-electron chi connectivity index (χ2n) is 8.78. The quantitative estimate of drug-likeness (QED) is 0.391. The Morgan fingerprint density at radius 1 is 0.946 bits per heavy atom. The van der Waals surface area contributed by atoms with Crippen LogP contribution in [0.25, 0.3) is 11.1 Å². The van der Waals surface area contributed by atoms with Crippen LogP contribution in [-0.4, -0.2) is 36.6 Å². The molecule has 0 fully saturated rings. The van der Waals surface area contributed by atoms with E-state index in [0.717, 1.165) is 28.8 Å². The van der Waals surface area contributed by atoms with Crippen LogP contribution < -0.4 is 4.72 Å². The summed E-state index contributed by atoms with van der Waals surface area (Å²) in [4.78, 5) is 21.4. The van der Waals surface area contributed by atoms with Crippen molar-refractivity contribution in [3.63, 3.8) is 0 Å². The van der Waals surface area contributed by atoms with Crippen LogP contribution in [0.15, 0.2) is 65.6 Å². The average Bonchev–Trinajstić information content (AvgIpc) is 3.22. The number of carboxylic acids is 2. The molecule has 3 aromatic rings. The number of alkyl halides is 3. The lowest BCUT2D eigenvalue weighted by molar-refractivity contribution is -0.140. The number of benzene rings is 3. The van der Waals surface area contributed by atoms with Gasteiger partial charge in [0.05, 0.1) is 16.0 Å². The van der Waals surface area contributed by atoms with Crippen molar-refractivity contribution in [2.45, 2.75) is 42.8 Å². The van der Waals surface area contributed by atoms with Gasteiger partial charge in [-0.25, -0.2) is 17.9 Å². The number of aliphatic carboxylic acids is 1. The van der Waals surface area contributed by atoms with E-state index in [4.69, 9.17) is 5.11 Å². The van der Waals surface area contributed by atoms with Gasteiger partial charge in [0.15, 0.2) is 0 Å². The number of rotatable bonds is 8. The Labute approximate surface area is 210 Å². The molecule has 0 radical (unpaired) electrons. The number of sulfonamides is 1. The van der Waals surface area contributed by atoms with E-state index in [9.17, 15) is 36.3 Å². The topological polar surface area (TPSA) is 121 Å². The highest BCUT2D eigenvalue weighted by molar-refractivity contribution is 7.89. The van der Waals surface area contributed by atoms with Crippen LogP contribution in [-0.2, 0) is 40.3 Å². The highest BCUT2D eigenvalue weighted by Crippen LogP contribution is 2.38. The predicted octanol–water partition coefficient (Wildman–Crippen LogP) is 4.53. The van der Waals surface area contributed by atoms with Gasteiger partial charge in [-0.05, 0) is 65.3 Å². The number of hydrogen-bond donors (Lipinski definition) is 3. The summed E-state index contributed by atoms with van der Waals surface area (Å²) in [6.45, 7) is 0. The summed E-state index contributed by atoms with van der Waals surface area (Å²) < 4.78 is 70.5. The molecule has 1 atom stereocenters. The van der Waals surface area contributed by atoms with E-state index in [0.29, 0.717) is 12.5 Å². The third kappa shape index (κ3) is 5.83. The Kier molecular flexibility index (Phi) is 7.11. The number of carboxylic acid groups (broad SMARTS) is 2. The highest BCUT2D eigenvalue weighted by Gasteiger charge is 2.39. The van der Waals surface area contributed by atoms with E-state index in [1.807, 2.05) is 0 Å². The summed E-state index contributed by atoms with van der Waals surface area (Å²) in [7, 11) is -4.60. The number of nitrogens with one attached hydrogen (secondary N) is 1. The van der Waals surface area contributed by atoms with E-state index in [1.54, 1.807) is 18.2 Å². The monoisotopic (exact) mass is 533 g/mol. The molecule has 37 heavy (non-hydrogen) atoms. The van der Waals surface area contributed by atoms with Crippen molar-refractivity contribution in [2.75, 3.05) is 0 Å². The number of carbonyl (C=O) groups is 2. The molecule has 11 heteroatoms. The maximum atomic E-state index is 14.0. The zero-order valence-electron chi connectivity index (χ0n) is 19.2. The molecule has 4 rings (SSSR count). The number of halogens is 3. The van der Waals surface area contributed by atoms with Gasteiger partial charge in [0.2, 0.25) is 10.0 Å². The first-order chi connectivity index (χ1) is 17.3. The summed E-state index contributed by atoms with van der Waals surface area (Å²) in [5.41, 5.74) is 0.769. The second-order valence-corrected chi connectivity index (χ2v) is 10.5. The van der Waals surface area contributed by atoms with Gasteiger partial charge in [0, 0.05) is 12.5 Å². The van der Waals surface area contributed by atoms with Crippen molar-refractivity contribution >= 4 is 22.0 Å². The molecular formula is C26H22F3NO6S. The van der Waals surface area contributed by atoms with Crippen LogP contribution in [0.4, 0.5) is 13.2 Å². The highest BCUT2D eigenvalue weighted by atomic mass is 32.2. The average molecular weight is 534 g/mol. The molecule has 1 aliphatic rings. The Morgan fingerprint density at radius 2 is 1.65 bits per heavy atom. The van der Waals surface area contributed by atoms with Crippen molar-refractivity contribution < 1.29 is 41.4 Å². The maximum absolute atomic E-state index is 14.0. The zero-order chi connectivity index (χ0) is 27.0. The number of hydrogen-bond acceptors (Lipinski definition) is 4. The van der Waals surface area contributed by atoms with Gasteiger partial charge in [-0.1, -0.05) is 42.5 Å². The van der Waals surface area contributed by atoms with Crippen molar-refractivity contribution in [1.29, 1.82) is 0 Å². The van der Waals surface area contributed by atoms with Gasteiger partial charge in [0.25, 0.3) is 0 Å². The Morgan fingerprint density at radius 3 is 2.32 bits per heavy atom. The molecule has 0 saturated carbocycles. The summed E-state index contributed by atoms with van der Waals surface area (Å²) in [6.07, 6.45) is -4.23. The molecule has 0 saturated heterocycles. The van der Waals surface area contributed by atoms with E-state index in [2.05, 4.69) is 4.72 Å². The number of fused-ring (bicyclic) bond motifs is 1. The summed E-state index contributed by atoms with van der Waals surface area (Å²) in [5, 5.41) is 18.3. The fourth-order valence-corrected chi connectivity index (χ4v) is 5.96. The molecule has 0 aliphatic heterocycles. The molecule has 7 nitrogen and oxygen atoms in total. The van der Waals surface area contributed by atoms with Crippen molar-refractivity contribution in [3.8, 4) is 11.1 Å². The van der Waals surface area contributed by atoms with Crippen molar-refractivity contribution in [1.82, 2.24) is 4.72 Å². The van der Waals surface area contributed by atoms with E-state index >= 15 is 0 Å². The van der Waals surface area contributed by atoms with Gasteiger partial charge in [-0.15, -0.1) is 0 Å².